The van der Waals surface area contributed by atoms with Gasteiger partial charge in [-0.2, -0.15) is 0 Å². The van der Waals surface area contributed by atoms with Gasteiger partial charge in [-0.05, 0) is 38.4 Å². The molecule has 1 saturated heterocycles. The second-order valence-electron chi connectivity index (χ2n) is 5.08. The molecule has 0 N–H and O–H groups in total. The van der Waals surface area contributed by atoms with E-state index in [0.29, 0.717) is 6.42 Å². The van der Waals surface area contributed by atoms with Gasteiger partial charge in [0, 0.05) is 20.5 Å². The van der Waals surface area contributed by atoms with Gasteiger partial charge in [-0.3, -0.25) is 4.79 Å². The summed E-state index contributed by atoms with van der Waals surface area (Å²) in [7, 11) is 5.81. The maximum atomic E-state index is 11.6. The predicted octanol–water partition coefficient (Wildman–Crippen LogP) is 1.20. The molecule has 0 aromatic rings. The molecule has 0 aliphatic carbocycles. The fraction of sp³-hybridized carbons (Fsp3) is 0.909. The lowest BCUT2D eigenvalue weighted by Gasteiger charge is -2.37. The van der Waals surface area contributed by atoms with Crippen molar-refractivity contribution >= 4 is 5.91 Å². The van der Waals surface area contributed by atoms with Gasteiger partial charge in [-0.15, -0.1) is 0 Å². The van der Waals surface area contributed by atoms with Gasteiger partial charge in [0.15, 0.2) is 0 Å². The first-order chi connectivity index (χ1) is 6.43. The van der Waals surface area contributed by atoms with Gasteiger partial charge in [0.25, 0.3) is 0 Å². The highest BCUT2D eigenvalue weighted by Crippen LogP contribution is 2.34. The predicted molar refractivity (Wildman–Crippen MR) is 58.1 cm³/mol. The quantitative estimate of drug-likeness (QED) is 0.665. The van der Waals surface area contributed by atoms with E-state index in [-0.39, 0.29) is 11.3 Å². The topological polar surface area (TPSA) is 23.6 Å². The van der Waals surface area contributed by atoms with Crippen molar-refractivity contribution in [2.24, 2.45) is 5.41 Å². The lowest BCUT2D eigenvalue weighted by atomic mass is 9.77. The van der Waals surface area contributed by atoms with Crippen LogP contribution in [0.25, 0.3) is 0 Å². The zero-order valence-electron chi connectivity index (χ0n) is 9.84. The third-order valence-corrected chi connectivity index (χ3v) is 3.27. The molecule has 3 heteroatoms. The van der Waals surface area contributed by atoms with Gasteiger partial charge in [0.1, 0.15) is 0 Å². The van der Waals surface area contributed by atoms with Crippen LogP contribution in [0, 0.1) is 5.41 Å². The molecule has 0 aromatic heterocycles. The molecule has 14 heavy (non-hydrogen) atoms. The number of likely N-dealkylation sites (tertiary alicyclic amines) is 1. The Hall–Kier alpha value is -0.570. The Morgan fingerprint density at radius 3 is 2.29 bits per heavy atom. The summed E-state index contributed by atoms with van der Waals surface area (Å²) in [5, 5.41) is 0. The van der Waals surface area contributed by atoms with Crippen LogP contribution in [0.15, 0.2) is 0 Å². The fourth-order valence-electron chi connectivity index (χ4n) is 1.86. The number of piperidine rings is 1. The molecule has 0 spiro atoms. The Kier molecular flexibility index (Phi) is 3.53. The molecule has 0 unspecified atom stereocenters. The van der Waals surface area contributed by atoms with Gasteiger partial charge in [-0.1, -0.05) is 6.92 Å². The summed E-state index contributed by atoms with van der Waals surface area (Å²) in [4.78, 5) is 15.6. The average molecular weight is 198 g/mol. The zero-order chi connectivity index (χ0) is 10.8. The van der Waals surface area contributed by atoms with Crippen LogP contribution < -0.4 is 0 Å². The smallest absolute Gasteiger partial charge is 0.222 e. The molecule has 1 aliphatic heterocycles. The summed E-state index contributed by atoms with van der Waals surface area (Å²) in [5.41, 5.74) is 0.230. The minimum atomic E-state index is 0.230. The fourth-order valence-corrected chi connectivity index (χ4v) is 1.86. The highest BCUT2D eigenvalue weighted by molar-refractivity contribution is 5.76. The van der Waals surface area contributed by atoms with E-state index in [1.54, 1.807) is 4.90 Å². The average Bonchev–Trinajstić information content (AvgIpc) is 2.10. The Bertz CT molecular complexity index is 205. The Morgan fingerprint density at radius 2 is 1.86 bits per heavy atom. The first kappa shape index (κ1) is 11.5. The number of amides is 1. The lowest BCUT2D eigenvalue weighted by Crippen LogP contribution is -2.39. The molecule has 1 heterocycles. The van der Waals surface area contributed by atoms with Gasteiger partial charge < -0.3 is 9.80 Å². The third-order valence-electron chi connectivity index (χ3n) is 3.27. The zero-order valence-corrected chi connectivity index (χ0v) is 9.84. The van der Waals surface area contributed by atoms with Crippen LogP contribution in [0.4, 0.5) is 0 Å². The molecule has 0 atom stereocenters. The van der Waals surface area contributed by atoms with E-state index in [2.05, 4.69) is 18.9 Å². The summed E-state index contributed by atoms with van der Waals surface area (Å²) in [6.07, 6.45) is 2.99. The van der Waals surface area contributed by atoms with Crippen molar-refractivity contribution in [2.45, 2.75) is 26.2 Å². The summed E-state index contributed by atoms with van der Waals surface area (Å²) in [6, 6.07) is 0. The molecule has 1 rings (SSSR count). The summed E-state index contributed by atoms with van der Waals surface area (Å²) >= 11 is 0. The molecule has 82 valence electrons. The van der Waals surface area contributed by atoms with Gasteiger partial charge in [-0.25, -0.2) is 0 Å². The molecule has 1 amide bonds. The van der Waals surface area contributed by atoms with E-state index in [9.17, 15) is 4.79 Å². The highest BCUT2D eigenvalue weighted by atomic mass is 16.2. The largest absolute Gasteiger partial charge is 0.349 e. The van der Waals surface area contributed by atoms with Gasteiger partial charge in [0.05, 0.1) is 0 Å². The molecular weight excluding hydrogens is 176 g/mol. The maximum Gasteiger partial charge on any atom is 0.222 e. The second kappa shape index (κ2) is 4.30. The van der Waals surface area contributed by atoms with Crippen LogP contribution in [-0.4, -0.2) is 49.9 Å². The van der Waals surface area contributed by atoms with Crippen LogP contribution in [0.1, 0.15) is 26.2 Å². The Labute approximate surface area is 87.1 Å². The summed E-state index contributed by atoms with van der Waals surface area (Å²) < 4.78 is 0. The Morgan fingerprint density at radius 1 is 1.36 bits per heavy atom. The minimum absolute atomic E-state index is 0.230. The first-order valence-electron chi connectivity index (χ1n) is 5.32. The molecule has 3 nitrogen and oxygen atoms in total. The van der Waals surface area contributed by atoms with Crippen molar-refractivity contribution in [2.75, 3.05) is 34.2 Å². The van der Waals surface area contributed by atoms with E-state index >= 15 is 0 Å². The molecule has 0 aromatic carbocycles. The van der Waals surface area contributed by atoms with Crippen molar-refractivity contribution in [1.29, 1.82) is 0 Å². The molecule has 0 bridgehead atoms. The lowest BCUT2D eigenvalue weighted by molar-refractivity contribution is -0.131. The third kappa shape index (κ3) is 2.98. The molecule has 1 fully saturated rings. The summed E-state index contributed by atoms with van der Waals surface area (Å²) in [5.74, 6) is 0.261. The van der Waals surface area contributed by atoms with E-state index in [1.165, 1.54) is 0 Å². The van der Waals surface area contributed by atoms with E-state index in [0.717, 1.165) is 25.9 Å². The molecule has 0 radical (unpaired) electrons. The summed E-state index contributed by atoms with van der Waals surface area (Å²) in [6.45, 7) is 4.48. The normalized spacial score (nSPS) is 22.0. The molecular formula is C11H22N2O. The van der Waals surface area contributed by atoms with E-state index < -0.39 is 0 Å². The van der Waals surface area contributed by atoms with Crippen molar-refractivity contribution in [3.8, 4) is 0 Å². The molecule has 1 aliphatic rings. The van der Waals surface area contributed by atoms with Crippen LogP contribution in [-0.2, 0) is 4.79 Å². The highest BCUT2D eigenvalue weighted by Gasteiger charge is 2.31. The molecule has 0 saturated carbocycles. The van der Waals surface area contributed by atoms with Crippen LogP contribution >= 0.6 is 0 Å². The van der Waals surface area contributed by atoms with Crippen molar-refractivity contribution in [3.63, 3.8) is 0 Å². The van der Waals surface area contributed by atoms with Crippen molar-refractivity contribution in [3.05, 3.63) is 0 Å². The van der Waals surface area contributed by atoms with Gasteiger partial charge >= 0.3 is 0 Å². The number of rotatable bonds is 2. The number of hydrogen-bond donors (Lipinski definition) is 0. The number of carbonyl (C=O) groups is 1. The monoisotopic (exact) mass is 198 g/mol. The minimum Gasteiger partial charge on any atom is -0.349 e. The Balaban J connectivity index is 2.46. The standard InChI is InChI=1S/C11H22N2O/c1-11(9-10(14)12(2)3)5-7-13(4)8-6-11/h5-9H2,1-4H3. The SMILES string of the molecule is CN1CCC(C)(CC(=O)N(C)C)CC1. The van der Waals surface area contributed by atoms with Crippen molar-refractivity contribution < 1.29 is 4.79 Å². The number of carbonyl (C=O) groups excluding carboxylic acids is 1. The van der Waals surface area contributed by atoms with Gasteiger partial charge in [0.2, 0.25) is 5.91 Å². The number of nitrogens with zero attached hydrogens (tertiary/aromatic N) is 2. The number of hydrogen-bond acceptors (Lipinski definition) is 2. The van der Waals surface area contributed by atoms with Crippen LogP contribution in [0.5, 0.6) is 0 Å². The van der Waals surface area contributed by atoms with Crippen LogP contribution in [0.2, 0.25) is 0 Å². The second-order valence-corrected chi connectivity index (χ2v) is 5.08. The maximum absolute atomic E-state index is 11.6. The first-order valence-corrected chi connectivity index (χ1v) is 5.32. The van der Waals surface area contributed by atoms with E-state index in [4.69, 9.17) is 0 Å². The van der Waals surface area contributed by atoms with Crippen molar-refractivity contribution in [1.82, 2.24) is 9.80 Å². The van der Waals surface area contributed by atoms with E-state index in [1.807, 2.05) is 14.1 Å². The van der Waals surface area contributed by atoms with Crippen LogP contribution in [0.3, 0.4) is 0 Å².